The number of benzene rings is 3. The molecule has 1 fully saturated rings. The summed E-state index contributed by atoms with van der Waals surface area (Å²) in [6, 6.07) is 22.4. The number of carbonyl (C=O) groups excluding carboxylic acids is 2. The van der Waals surface area contributed by atoms with Crippen LogP contribution in [0.25, 0.3) is 5.76 Å². The third-order valence-electron chi connectivity index (χ3n) is 6.38. The number of ether oxygens (including phenoxy) is 1. The highest BCUT2D eigenvalue weighted by Gasteiger charge is 2.48. The number of amides is 1. The molecule has 5 rings (SSSR count). The Morgan fingerprint density at radius 3 is 2.43 bits per heavy atom. The van der Waals surface area contributed by atoms with E-state index in [1.165, 1.54) is 11.2 Å². The molecule has 1 aliphatic rings. The van der Waals surface area contributed by atoms with Gasteiger partial charge in [0.15, 0.2) is 0 Å². The van der Waals surface area contributed by atoms with Gasteiger partial charge in [0.25, 0.3) is 11.7 Å². The Morgan fingerprint density at radius 1 is 0.973 bits per heavy atom. The number of aliphatic hydroxyl groups excluding tert-OH is 1. The lowest BCUT2D eigenvalue weighted by molar-refractivity contribution is -0.132. The molecule has 0 aliphatic carbocycles. The molecule has 0 bridgehead atoms. The molecule has 6 nitrogen and oxygen atoms in total. The molecule has 1 saturated heterocycles. The molecule has 1 amide bonds. The predicted molar refractivity (Wildman–Crippen MR) is 142 cm³/mol. The second kappa shape index (κ2) is 9.99. The van der Waals surface area contributed by atoms with Crippen molar-refractivity contribution in [3.8, 4) is 5.75 Å². The Hall–Kier alpha value is -4.29. The number of Topliss-reactive ketones (excluding diaryl/α,β-unsaturated/α-hetero) is 1. The van der Waals surface area contributed by atoms with Crippen molar-refractivity contribution in [3.05, 3.63) is 124 Å². The summed E-state index contributed by atoms with van der Waals surface area (Å²) < 4.78 is 11.6. The molecule has 1 atom stereocenters. The van der Waals surface area contributed by atoms with Crippen molar-refractivity contribution in [2.24, 2.45) is 0 Å². The van der Waals surface area contributed by atoms with E-state index in [1.54, 1.807) is 48.5 Å². The first-order valence-corrected chi connectivity index (χ1v) is 12.1. The minimum Gasteiger partial charge on any atom is -0.507 e. The van der Waals surface area contributed by atoms with Crippen molar-refractivity contribution in [2.75, 3.05) is 4.90 Å². The van der Waals surface area contributed by atoms with E-state index in [0.29, 0.717) is 34.4 Å². The van der Waals surface area contributed by atoms with Gasteiger partial charge in [-0.1, -0.05) is 48.0 Å². The van der Waals surface area contributed by atoms with Crippen LogP contribution in [-0.2, 0) is 16.2 Å². The zero-order valence-corrected chi connectivity index (χ0v) is 21.0. The van der Waals surface area contributed by atoms with Gasteiger partial charge in [0.05, 0.1) is 11.8 Å². The molecule has 3 aromatic carbocycles. The SMILES string of the molecule is Cc1ccc(N2C(=O)C(=O)/C(=C(\O)c3ccc(OCc4ccccc4)c(C)c3)C2c2ccco2)cc1Cl. The molecular weight excluding hydrogens is 490 g/mol. The molecule has 0 saturated carbocycles. The molecular formula is C30H24ClNO5. The minimum absolute atomic E-state index is 0.0611. The van der Waals surface area contributed by atoms with Crippen molar-refractivity contribution in [1.82, 2.24) is 0 Å². The largest absolute Gasteiger partial charge is 0.507 e. The Labute approximate surface area is 219 Å². The lowest BCUT2D eigenvalue weighted by Crippen LogP contribution is -2.29. The maximum atomic E-state index is 13.3. The molecule has 0 radical (unpaired) electrons. The van der Waals surface area contributed by atoms with Crippen LogP contribution in [0, 0.1) is 13.8 Å². The van der Waals surface area contributed by atoms with E-state index in [4.69, 9.17) is 20.8 Å². The Morgan fingerprint density at radius 2 is 1.76 bits per heavy atom. The first kappa shape index (κ1) is 24.4. The van der Waals surface area contributed by atoms with Crippen molar-refractivity contribution in [1.29, 1.82) is 0 Å². The quantitative estimate of drug-likeness (QED) is 0.175. The van der Waals surface area contributed by atoms with Crippen LogP contribution < -0.4 is 9.64 Å². The molecule has 186 valence electrons. The van der Waals surface area contributed by atoms with Crippen LogP contribution in [-0.4, -0.2) is 16.8 Å². The van der Waals surface area contributed by atoms with E-state index in [9.17, 15) is 14.7 Å². The molecule has 2 heterocycles. The number of anilines is 1. The Balaban J connectivity index is 1.53. The monoisotopic (exact) mass is 513 g/mol. The van der Waals surface area contributed by atoms with Crippen LogP contribution in [0.3, 0.4) is 0 Å². The van der Waals surface area contributed by atoms with E-state index in [0.717, 1.165) is 16.7 Å². The van der Waals surface area contributed by atoms with E-state index in [2.05, 4.69) is 0 Å². The van der Waals surface area contributed by atoms with Gasteiger partial charge >= 0.3 is 0 Å². The van der Waals surface area contributed by atoms with Gasteiger partial charge in [-0.2, -0.15) is 0 Å². The first-order valence-electron chi connectivity index (χ1n) is 11.7. The van der Waals surface area contributed by atoms with Gasteiger partial charge in [0, 0.05) is 16.3 Å². The highest BCUT2D eigenvalue weighted by Crippen LogP contribution is 2.43. The highest BCUT2D eigenvalue weighted by molar-refractivity contribution is 6.51. The van der Waals surface area contributed by atoms with E-state index < -0.39 is 17.7 Å². The number of aryl methyl sites for hydroxylation is 2. The number of rotatable bonds is 6. The third-order valence-corrected chi connectivity index (χ3v) is 6.78. The standard InChI is InChI=1S/C30H24ClNO5/c1-18-10-12-22(16-23(18)31)32-27(25-9-6-14-36-25)26(29(34)30(32)35)28(33)21-11-13-24(19(2)15-21)37-17-20-7-4-3-5-8-20/h3-16,27,33H,17H2,1-2H3/b28-26-. The molecule has 1 unspecified atom stereocenters. The zero-order valence-electron chi connectivity index (χ0n) is 20.3. The summed E-state index contributed by atoms with van der Waals surface area (Å²) >= 11 is 6.32. The molecule has 37 heavy (non-hydrogen) atoms. The summed E-state index contributed by atoms with van der Waals surface area (Å²) in [5.74, 6) is -0.882. The summed E-state index contributed by atoms with van der Waals surface area (Å²) in [4.78, 5) is 27.8. The highest BCUT2D eigenvalue weighted by atomic mass is 35.5. The lowest BCUT2D eigenvalue weighted by Gasteiger charge is -2.24. The van der Waals surface area contributed by atoms with Crippen LogP contribution in [0.5, 0.6) is 5.75 Å². The molecule has 7 heteroatoms. The summed E-state index contributed by atoms with van der Waals surface area (Å²) in [6.45, 7) is 4.10. The van der Waals surface area contributed by atoms with Crippen molar-refractivity contribution < 1.29 is 23.8 Å². The van der Waals surface area contributed by atoms with Gasteiger partial charge in [-0.05, 0) is 73.0 Å². The van der Waals surface area contributed by atoms with Crippen LogP contribution in [0.4, 0.5) is 5.69 Å². The molecule has 4 aromatic rings. The number of nitrogens with zero attached hydrogens (tertiary/aromatic N) is 1. The summed E-state index contributed by atoms with van der Waals surface area (Å²) in [7, 11) is 0. The van der Waals surface area contributed by atoms with Crippen LogP contribution >= 0.6 is 11.6 Å². The van der Waals surface area contributed by atoms with Gasteiger partial charge < -0.3 is 14.3 Å². The van der Waals surface area contributed by atoms with Gasteiger partial charge in [0.2, 0.25) is 0 Å². The third kappa shape index (κ3) is 4.63. The second-order valence-electron chi connectivity index (χ2n) is 8.87. The Bertz CT molecular complexity index is 1510. The van der Waals surface area contributed by atoms with Crippen molar-refractivity contribution in [3.63, 3.8) is 0 Å². The molecule has 1 N–H and O–H groups in total. The maximum absolute atomic E-state index is 13.3. The number of halogens is 1. The zero-order chi connectivity index (χ0) is 26.1. The summed E-state index contributed by atoms with van der Waals surface area (Å²) in [5, 5.41) is 11.8. The normalized spacial score (nSPS) is 16.8. The fraction of sp³-hybridized carbons (Fsp3) is 0.133. The Kier molecular flexibility index (Phi) is 6.59. The van der Waals surface area contributed by atoms with Gasteiger partial charge in [0.1, 0.15) is 29.9 Å². The van der Waals surface area contributed by atoms with Crippen LogP contribution in [0.15, 0.2) is 95.1 Å². The van der Waals surface area contributed by atoms with Crippen LogP contribution in [0.1, 0.15) is 34.1 Å². The number of hydrogen-bond acceptors (Lipinski definition) is 5. The first-order chi connectivity index (χ1) is 17.8. The van der Waals surface area contributed by atoms with Crippen molar-refractivity contribution >= 4 is 34.7 Å². The summed E-state index contributed by atoms with van der Waals surface area (Å²) in [5.41, 5.74) is 3.40. The van der Waals surface area contributed by atoms with E-state index >= 15 is 0 Å². The van der Waals surface area contributed by atoms with E-state index in [1.807, 2.05) is 44.2 Å². The number of ketones is 1. The average Bonchev–Trinajstić information content (AvgIpc) is 3.52. The van der Waals surface area contributed by atoms with Crippen LogP contribution in [0.2, 0.25) is 5.02 Å². The van der Waals surface area contributed by atoms with E-state index in [-0.39, 0.29) is 11.3 Å². The lowest BCUT2D eigenvalue weighted by atomic mass is 9.98. The molecule has 0 spiro atoms. The maximum Gasteiger partial charge on any atom is 0.300 e. The number of hydrogen-bond donors (Lipinski definition) is 1. The smallest absolute Gasteiger partial charge is 0.300 e. The second-order valence-corrected chi connectivity index (χ2v) is 9.28. The molecule has 1 aromatic heterocycles. The van der Waals surface area contributed by atoms with Gasteiger partial charge in [-0.3, -0.25) is 14.5 Å². The summed E-state index contributed by atoms with van der Waals surface area (Å²) in [6.07, 6.45) is 1.46. The van der Waals surface area contributed by atoms with Crippen molar-refractivity contribution in [2.45, 2.75) is 26.5 Å². The van der Waals surface area contributed by atoms with Gasteiger partial charge in [-0.15, -0.1) is 0 Å². The number of furan rings is 1. The molecule has 1 aliphatic heterocycles. The topological polar surface area (TPSA) is 80.0 Å². The number of aliphatic hydroxyl groups is 1. The van der Waals surface area contributed by atoms with Gasteiger partial charge in [-0.25, -0.2) is 0 Å². The fourth-order valence-electron chi connectivity index (χ4n) is 4.40. The minimum atomic E-state index is -0.955. The number of carbonyl (C=O) groups is 2. The predicted octanol–water partition coefficient (Wildman–Crippen LogP) is 6.76. The fourth-order valence-corrected chi connectivity index (χ4v) is 4.57. The average molecular weight is 514 g/mol.